The molecule has 2 atom stereocenters. The third kappa shape index (κ3) is 4.86. The number of carbonyl (C=O) groups excluding carboxylic acids is 2. The van der Waals surface area contributed by atoms with E-state index in [1.807, 2.05) is 4.90 Å². The smallest absolute Gasteiger partial charge is 0.331 e. The highest BCUT2D eigenvalue weighted by Gasteiger charge is 2.35. The molecule has 1 aromatic carbocycles. The number of hydrogen-bond acceptors (Lipinski definition) is 5. The molecule has 0 aromatic heterocycles. The van der Waals surface area contributed by atoms with Crippen molar-refractivity contribution in [1.29, 1.82) is 0 Å². The van der Waals surface area contributed by atoms with E-state index >= 15 is 0 Å². The lowest BCUT2D eigenvalue weighted by molar-refractivity contribution is -0.151. The lowest BCUT2D eigenvalue weighted by atomic mass is 9.78. The third-order valence-corrected chi connectivity index (χ3v) is 5.74. The molecule has 1 aliphatic carbocycles. The lowest BCUT2D eigenvalue weighted by Crippen LogP contribution is -2.50. The molecule has 0 bridgehead atoms. The molecule has 1 saturated carbocycles. The van der Waals surface area contributed by atoms with Gasteiger partial charge in [-0.3, -0.25) is 4.79 Å². The molecule has 1 saturated heterocycles. The molecule has 1 aliphatic heterocycles. The zero-order valence-corrected chi connectivity index (χ0v) is 16.7. The van der Waals surface area contributed by atoms with Crippen molar-refractivity contribution in [2.24, 2.45) is 5.92 Å². The van der Waals surface area contributed by atoms with Gasteiger partial charge in [-0.2, -0.15) is 0 Å². The van der Waals surface area contributed by atoms with Crippen LogP contribution in [0.15, 0.2) is 24.3 Å². The maximum atomic E-state index is 12.6. The van der Waals surface area contributed by atoms with Crippen LogP contribution >= 0.6 is 0 Å². The maximum absolute atomic E-state index is 12.6. The summed E-state index contributed by atoms with van der Waals surface area (Å²) in [6.45, 7) is 0.572. The first-order chi connectivity index (χ1) is 13.6. The summed E-state index contributed by atoms with van der Waals surface area (Å²) in [5.74, 6) is 1.26. The highest BCUT2D eigenvalue weighted by atomic mass is 16.5. The minimum atomic E-state index is -0.538. The lowest BCUT2D eigenvalue weighted by Gasteiger charge is -2.44. The number of rotatable bonds is 6. The number of amides is 1. The highest BCUT2D eigenvalue weighted by Crippen LogP contribution is 2.35. The minimum Gasteiger partial charge on any atom is -0.497 e. The van der Waals surface area contributed by atoms with Crippen molar-refractivity contribution in [3.63, 3.8) is 0 Å². The van der Waals surface area contributed by atoms with E-state index in [1.165, 1.54) is 31.8 Å². The van der Waals surface area contributed by atoms with Gasteiger partial charge >= 0.3 is 5.97 Å². The molecule has 0 unspecified atom stereocenters. The number of piperidine rings is 1. The molecule has 0 N–H and O–H groups in total. The fourth-order valence-corrected chi connectivity index (χ4v) is 4.31. The van der Waals surface area contributed by atoms with Crippen LogP contribution in [0.2, 0.25) is 0 Å². The van der Waals surface area contributed by atoms with Crippen LogP contribution in [0.3, 0.4) is 0 Å². The summed E-state index contributed by atoms with van der Waals surface area (Å²) < 4.78 is 15.7. The van der Waals surface area contributed by atoms with E-state index in [-0.39, 0.29) is 12.5 Å². The van der Waals surface area contributed by atoms with Crippen molar-refractivity contribution in [2.45, 2.75) is 44.6 Å². The Balaban J connectivity index is 1.54. The summed E-state index contributed by atoms with van der Waals surface area (Å²) in [4.78, 5) is 26.6. The van der Waals surface area contributed by atoms with Gasteiger partial charge in [0.25, 0.3) is 5.91 Å². The number of ether oxygens (including phenoxy) is 3. The molecule has 6 heteroatoms. The van der Waals surface area contributed by atoms with Crippen molar-refractivity contribution in [3.05, 3.63) is 29.8 Å². The van der Waals surface area contributed by atoms with Gasteiger partial charge in [-0.25, -0.2) is 4.79 Å². The number of likely N-dealkylation sites (tertiary alicyclic amines) is 1. The summed E-state index contributed by atoms with van der Waals surface area (Å²) in [6, 6.07) is 5.65. The zero-order valence-electron chi connectivity index (χ0n) is 16.7. The first-order valence-corrected chi connectivity index (χ1v) is 9.98. The highest BCUT2D eigenvalue weighted by molar-refractivity contribution is 5.89. The average molecular weight is 387 g/mol. The molecular weight excluding hydrogens is 358 g/mol. The summed E-state index contributed by atoms with van der Waals surface area (Å²) in [5.41, 5.74) is 0.729. The normalized spacial score (nSPS) is 21.9. The van der Waals surface area contributed by atoms with Crippen molar-refractivity contribution in [1.82, 2.24) is 4.90 Å². The monoisotopic (exact) mass is 387 g/mol. The van der Waals surface area contributed by atoms with E-state index in [1.54, 1.807) is 38.5 Å². The Morgan fingerprint density at radius 1 is 1.11 bits per heavy atom. The minimum absolute atomic E-state index is 0.0830. The molecule has 1 aromatic rings. The summed E-state index contributed by atoms with van der Waals surface area (Å²) in [7, 11) is 3.14. The van der Waals surface area contributed by atoms with Crippen molar-refractivity contribution < 1.29 is 23.8 Å². The number of esters is 1. The average Bonchev–Trinajstić information content (AvgIpc) is 2.75. The van der Waals surface area contributed by atoms with Gasteiger partial charge in [0, 0.05) is 30.3 Å². The second-order valence-electron chi connectivity index (χ2n) is 7.39. The SMILES string of the molecule is COc1ccc(/C=C/C(=O)OCC(=O)N2CCC[C@H]3CCCC[C@@H]32)c(OC)c1. The van der Waals surface area contributed by atoms with Crippen molar-refractivity contribution in [2.75, 3.05) is 27.4 Å². The Morgan fingerprint density at radius 3 is 2.68 bits per heavy atom. The summed E-state index contributed by atoms with van der Waals surface area (Å²) in [5, 5.41) is 0. The van der Waals surface area contributed by atoms with Crippen LogP contribution in [0.4, 0.5) is 0 Å². The third-order valence-electron chi connectivity index (χ3n) is 5.74. The Kier molecular flexibility index (Phi) is 6.95. The van der Waals surface area contributed by atoms with Crippen LogP contribution < -0.4 is 9.47 Å². The zero-order chi connectivity index (χ0) is 19.9. The van der Waals surface area contributed by atoms with Gasteiger partial charge in [0.05, 0.1) is 14.2 Å². The Hall–Kier alpha value is -2.50. The van der Waals surface area contributed by atoms with Crippen molar-refractivity contribution >= 4 is 18.0 Å². The molecule has 6 nitrogen and oxygen atoms in total. The van der Waals surface area contributed by atoms with E-state index in [2.05, 4.69) is 0 Å². The van der Waals surface area contributed by atoms with Gasteiger partial charge in [-0.05, 0) is 49.8 Å². The molecule has 1 amide bonds. The standard InChI is InChI=1S/C22H29NO5/c1-26-18-11-9-17(20(14-18)27-2)10-12-22(25)28-15-21(24)23-13-5-7-16-6-3-4-8-19(16)23/h9-12,14,16,19H,3-8,13,15H2,1-2H3/b12-10+/t16-,19+/m1/s1. The van der Waals surface area contributed by atoms with E-state index < -0.39 is 5.97 Å². The first-order valence-electron chi connectivity index (χ1n) is 9.98. The van der Waals surface area contributed by atoms with Gasteiger partial charge in [0.1, 0.15) is 11.5 Å². The predicted molar refractivity (Wildman–Crippen MR) is 106 cm³/mol. The van der Waals surface area contributed by atoms with Crippen LogP contribution in [-0.2, 0) is 14.3 Å². The Labute approximate surface area is 166 Å². The largest absolute Gasteiger partial charge is 0.497 e. The number of nitrogens with zero attached hydrogens (tertiary/aromatic N) is 1. The van der Waals surface area contributed by atoms with E-state index in [0.717, 1.165) is 24.9 Å². The molecule has 0 spiro atoms. The number of fused-ring (bicyclic) bond motifs is 1. The number of benzene rings is 1. The number of hydrogen-bond donors (Lipinski definition) is 0. The van der Waals surface area contributed by atoms with Gasteiger partial charge in [-0.1, -0.05) is 12.8 Å². The van der Waals surface area contributed by atoms with Gasteiger partial charge in [-0.15, -0.1) is 0 Å². The van der Waals surface area contributed by atoms with Crippen molar-refractivity contribution in [3.8, 4) is 11.5 Å². The predicted octanol–water partition coefficient (Wildman–Crippen LogP) is 3.44. The van der Waals surface area contributed by atoms with Crippen LogP contribution in [0.25, 0.3) is 6.08 Å². The summed E-state index contributed by atoms with van der Waals surface area (Å²) >= 11 is 0. The molecule has 2 aliphatic rings. The number of methoxy groups -OCH3 is 2. The van der Waals surface area contributed by atoms with Crippen LogP contribution in [0.5, 0.6) is 11.5 Å². The fraction of sp³-hybridized carbons (Fsp3) is 0.545. The second-order valence-corrected chi connectivity index (χ2v) is 7.39. The van der Waals surface area contributed by atoms with E-state index in [9.17, 15) is 9.59 Å². The van der Waals surface area contributed by atoms with Crippen LogP contribution in [0, 0.1) is 5.92 Å². The fourth-order valence-electron chi connectivity index (χ4n) is 4.31. The molecule has 0 radical (unpaired) electrons. The quantitative estimate of drug-likeness (QED) is 0.553. The molecule has 2 fully saturated rings. The van der Waals surface area contributed by atoms with Gasteiger partial charge in [0.15, 0.2) is 6.61 Å². The number of carbonyl (C=O) groups is 2. The van der Waals surface area contributed by atoms with Gasteiger partial charge in [0.2, 0.25) is 0 Å². The van der Waals surface area contributed by atoms with Gasteiger partial charge < -0.3 is 19.1 Å². The summed E-state index contributed by atoms with van der Waals surface area (Å²) in [6.07, 6.45) is 9.90. The first kappa shape index (κ1) is 20.2. The van der Waals surface area contributed by atoms with Crippen LogP contribution in [0.1, 0.15) is 44.1 Å². The van der Waals surface area contributed by atoms with E-state index in [0.29, 0.717) is 23.5 Å². The topological polar surface area (TPSA) is 65.1 Å². The van der Waals surface area contributed by atoms with E-state index in [4.69, 9.17) is 14.2 Å². The second kappa shape index (κ2) is 9.62. The molecule has 28 heavy (non-hydrogen) atoms. The molecular formula is C22H29NO5. The Morgan fingerprint density at radius 2 is 1.89 bits per heavy atom. The maximum Gasteiger partial charge on any atom is 0.331 e. The molecule has 1 heterocycles. The molecule has 152 valence electrons. The van der Waals surface area contributed by atoms with Crippen LogP contribution in [-0.4, -0.2) is 50.2 Å². The molecule has 3 rings (SSSR count). The Bertz CT molecular complexity index is 728.